The van der Waals surface area contributed by atoms with E-state index in [1.54, 1.807) is 50.6 Å². The Morgan fingerprint density at radius 2 is 1.80 bits per heavy atom. The van der Waals surface area contributed by atoms with Gasteiger partial charge in [0, 0.05) is 43.3 Å². The van der Waals surface area contributed by atoms with Gasteiger partial charge < -0.3 is 24.1 Å². The number of esters is 1. The molecule has 0 saturated carbocycles. The average molecular weight is 508 g/mol. The van der Waals surface area contributed by atoms with Crippen molar-refractivity contribution in [1.29, 1.82) is 0 Å². The highest BCUT2D eigenvalue weighted by atomic mass is 32.2. The first-order valence-corrected chi connectivity index (χ1v) is 12.9. The van der Waals surface area contributed by atoms with E-state index in [2.05, 4.69) is 5.32 Å². The molecule has 1 aromatic carbocycles. The van der Waals surface area contributed by atoms with E-state index in [9.17, 15) is 18.0 Å². The summed E-state index contributed by atoms with van der Waals surface area (Å²) in [6, 6.07) is 5.03. The van der Waals surface area contributed by atoms with E-state index in [0.717, 1.165) is 0 Å². The zero-order chi connectivity index (χ0) is 25.9. The number of methoxy groups -OCH3 is 2. The van der Waals surface area contributed by atoms with Gasteiger partial charge in [0.1, 0.15) is 10.5 Å². The van der Waals surface area contributed by atoms with Crippen LogP contribution in [0.3, 0.4) is 0 Å². The third-order valence-corrected chi connectivity index (χ3v) is 8.43. The van der Waals surface area contributed by atoms with Crippen LogP contribution in [0.1, 0.15) is 41.5 Å². The summed E-state index contributed by atoms with van der Waals surface area (Å²) in [5.41, 5.74) is 1.53. The number of rotatable bonds is 8. The zero-order valence-corrected chi connectivity index (χ0v) is 21.8. The minimum absolute atomic E-state index is 0.0110. The molecular weight excluding hydrogens is 474 g/mol. The number of aromatic nitrogens is 1. The Morgan fingerprint density at radius 1 is 1.11 bits per heavy atom. The number of nitrogens with one attached hydrogen (secondary N) is 1. The normalized spacial score (nSPS) is 16.6. The lowest BCUT2D eigenvalue weighted by molar-refractivity contribution is -0.120. The Hall–Kier alpha value is -3.05. The molecule has 1 aliphatic rings. The molecule has 1 amide bonds. The molecule has 1 aromatic heterocycles. The third kappa shape index (κ3) is 5.15. The second-order valence-corrected chi connectivity index (χ2v) is 10.3. The second-order valence-electron chi connectivity index (χ2n) is 8.42. The predicted molar refractivity (Wildman–Crippen MR) is 131 cm³/mol. The lowest BCUT2D eigenvalue weighted by atomic mass is 9.98. The molecule has 1 atom stereocenters. The molecule has 0 unspecified atom stereocenters. The van der Waals surface area contributed by atoms with Gasteiger partial charge in [-0.3, -0.25) is 4.79 Å². The van der Waals surface area contributed by atoms with Crippen LogP contribution >= 0.6 is 0 Å². The summed E-state index contributed by atoms with van der Waals surface area (Å²) in [5.74, 6) is -0.510. The lowest BCUT2D eigenvalue weighted by Gasteiger charge is -2.31. The van der Waals surface area contributed by atoms with Gasteiger partial charge in [-0.05, 0) is 45.7 Å². The van der Waals surface area contributed by atoms with E-state index in [1.165, 1.54) is 18.5 Å². The fraction of sp³-hybridized carbons (Fsp3) is 0.500. The number of sulfonamides is 1. The molecule has 11 heteroatoms. The molecule has 0 aliphatic carbocycles. The van der Waals surface area contributed by atoms with Crippen molar-refractivity contribution >= 4 is 27.6 Å². The van der Waals surface area contributed by atoms with Crippen molar-refractivity contribution < 1.29 is 32.2 Å². The molecule has 192 valence electrons. The fourth-order valence-electron chi connectivity index (χ4n) is 4.34. The van der Waals surface area contributed by atoms with Crippen molar-refractivity contribution in [1.82, 2.24) is 8.87 Å². The molecule has 1 N–H and O–H groups in total. The maximum Gasteiger partial charge on any atom is 0.341 e. The van der Waals surface area contributed by atoms with E-state index >= 15 is 0 Å². The molecule has 10 nitrogen and oxygen atoms in total. The number of hydrogen-bond acceptors (Lipinski definition) is 7. The molecule has 0 spiro atoms. The molecule has 35 heavy (non-hydrogen) atoms. The first kappa shape index (κ1) is 26.6. The highest BCUT2D eigenvalue weighted by Crippen LogP contribution is 2.33. The van der Waals surface area contributed by atoms with Gasteiger partial charge in [-0.1, -0.05) is 0 Å². The van der Waals surface area contributed by atoms with Crippen molar-refractivity contribution in [3.63, 3.8) is 0 Å². The van der Waals surface area contributed by atoms with Crippen LogP contribution < -0.4 is 14.8 Å². The summed E-state index contributed by atoms with van der Waals surface area (Å²) in [6.07, 6.45) is 1.06. The molecule has 1 aliphatic heterocycles. The molecule has 1 saturated heterocycles. The largest absolute Gasteiger partial charge is 0.493 e. The van der Waals surface area contributed by atoms with E-state index in [0.29, 0.717) is 41.4 Å². The van der Waals surface area contributed by atoms with Gasteiger partial charge in [-0.15, -0.1) is 0 Å². The topological polar surface area (TPSA) is 116 Å². The molecule has 0 bridgehead atoms. The smallest absolute Gasteiger partial charge is 0.341 e. The van der Waals surface area contributed by atoms with Crippen molar-refractivity contribution in [3.05, 3.63) is 35.2 Å². The van der Waals surface area contributed by atoms with Crippen LogP contribution in [0.15, 0.2) is 23.1 Å². The van der Waals surface area contributed by atoms with Crippen LogP contribution in [0.4, 0.5) is 5.69 Å². The SMILES string of the molecule is CCOC(=O)c1c(S(=O)(=O)N2CCC[C@@H](C(=O)Nc3ccc(OC)c(OC)c3)C2)c(C)n(C)c1C. The first-order valence-electron chi connectivity index (χ1n) is 11.4. The molecule has 3 rings (SSSR count). The van der Waals surface area contributed by atoms with Gasteiger partial charge >= 0.3 is 5.97 Å². The van der Waals surface area contributed by atoms with Crippen LogP contribution in [-0.4, -0.2) is 63.1 Å². The first-order chi connectivity index (χ1) is 16.6. The zero-order valence-electron chi connectivity index (χ0n) is 21.0. The number of hydrogen-bond donors (Lipinski definition) is 1. The van der Waals surface area contributed by atoms with Gasteiger partial charge in [0.05, 0.1) is 26.7 Å². The Balaban J connectivity index is 1.86. The van der Waals surface area contributed by atoms with Crippen LogP contribution in [0.2, 0.25) is 0 Å². The standard InChI is InChI=1S/C24H33N3O7S/c1-7-34-24(29)21-15(2)26(4)16(3)22(21)35(30,31)27-12-8-9-17(14-27)23(28)25-18-10-11-19(32-5)20(13-18)33-6/h10-11,13,17H,7-9,12,14H2,1-6H3,(H,25,28)/t17-/m1/s1. The second kappa shape index (κ2) is 10.7. The summed E-state index contributed by atoms with van der Waals surface area (Å²) < 4.78 is 46.1. The monoisotopic (exact) mass is 507 g/mol. The number of piperidine rings is 1. The van der Waals surface area contributed by atoms with Crippen molar-refractivity contribution in [3.8, 4) is 11.5 Å². The number of ether oxygens (including phenoxy) is 3. The van der Waals surface area contributed by atoms with E-state index in [-0.39, 0.29) is 36.1 Å². The molecule has 2 heterocycles. The van der Waals surface area contributed by atoms with Gasteiger partial charge in [-0.25, -0.2) is 13.2 Å². The van der Waals surface area contributed by atoms with E-state index < -0.39 is 21.9 Å². The number of benzene rings is 1. The highest BCUT2D eigenvalue weighted by molar-refractivity contribution is 7.89. The van der Waals surface area contributed by atoms with Crippen LogP contribution in [0.25, 0.3) is 0 Å². The van der Waals surface area contributed by atoms with Crippen molar-refractivity contribution in [2.24, 2.45) is 13.0 Å². The number of amides is 1. The van der Waals surface area contributed by atoms with E-state index in [1.807, 2.05) is 0 Å². The number of carbonyl (C=O) groups excluding carboxylic acids is 2. The molecule has 1 fully saturated rings. The number of anilines is 1. The van der Waals surface area contributed by atoms with Crippen LogP contribution in [0, 0.1) is 19.8 Å². The van der Waals surface area contributed by atoms with Gasteiger partial charge in [0.15, 0.2) is 11.5 Å². The minimum Gasteiger partial charge on any atom is -0.493 e. The average Bonchev–Trinajstić information content (AvgIpc) is 3.08. The van der Waals surface area contributed by atoms with Crippen LogP contribution in [-0.2, 0) is 26.6 Å². The Bertz CT molecular complexity index is 1220. The van der Waals surface area contributed by atoms with Gasteiger partial charge in [-0.2, -0.15) is 4.31 Å². The predicted octanol–water partition coefficient (Wildman–Crippen LogP) is 2.88. The van der Waals surface area contributed by atoms with Crippen LogP contribution in [0.5, 0.6) is 11.5 Å². The number of nitrogens with zero attached hydrogens (tertiary/aromatic N) is 2. The van der Waals surface area contributed by atoms with E-state index in [4.69, 9.17) is 14.2 Å². The summed E-state index contributed by atoms with van der Waals surface area (Å²) >= 11 is 0. The fourth-order valence-corrected chi connectivity index (χ4v) is 6.34. The third-order valence-electron chi connectivity index (χ3n) is 6.41. The Kier molecular flexibility index (Phi) is 8.11. The molecule has 2 aromatic rings. The highest BCUT2D eigenvalue weighted by Gasteiger charge is 2.39. The van der Waals surface area contributed by atoms with Crippen molar-refractivity contribution in [2.45, 2.75) is 38.5 Å². The maximum atomic E-state index is 13.7. The van der Waals surface area contributed by atoms with Gasteiger partial charge in [0.25, 0.3) is 0 Å². The summed E-state index contributed by atoms with van der Waals surface area (Å²) in [7, 11) is 0.688. The maximum absolute atomic E-state index is 13.7. The number of carbonyl (C=O) groups is 2. The molecular formula is C24H33N3O7S. The Labute approximate surface area is 206 Å². The Morgan fingerprint density at radius 3 is 2.43 bits per heavy atom. The minimum atomic E-state index is -4.05. The summed E-state index contributed by atoms with van der Waals surface area (Å²) in [4.78, 5) is 25.6. The lowest BCUT2D eigenvalue weighted by Crippen LogP contribution is -2.44. The van der Waals surface area contributed by atoms with Crippen molar-refractivity contribution in [2.75, 3.05) is 39.2 Å². The molecule has 0 radical (unpaired) electrons. The summed E-state index contributed by atoms with van der Waals surface area (Å²) in [6.45, 7) is 5.42. The van der Waals surface area contributed by atoms with Gasteiger partial charge in [0.2, 0.25) is 15.9 Å². The summed E-state index contributed by atoms with van der Waals surface area (Å²) in [5, 5.41) is 2.85. The quantitative estimate of drug-likeness (QED) is 0.546.